The average Bonchev–Trinajstić information content (AvgIpc) is 3.26. The molecule has 2 amide bonds. The molecule has 0 aromatic heterocycles. The van der Waals surface area contributed by atoms with E-state index in [4.69, 9.17) is 9.47 Å². The Balaban J connectivity index is 1.64. The number of hydrogen-bond donors (Lipinski definition) is 2. The van der Waals surface area contributed by atoms with Gasteiger partial charge in [0.15, 0.2) is 6.10 Å². The molecule has 3 rings (SSSR count). The lowest BCUT2D eigenvalue weighted by atomic mass is 10.0. The third-order valence-electron chi connectivity index (χ3n) is 5.16. The van der Waals surface area contributed by atoms with E-state index in [0.717, 1.165) is 25.0 Å². The van der Waals surface area contributed by atoms with Crippen LogP contribution in [0, 0.1) is 0 Å². The first-order valence-electron chi connectivity index (χ1n) is 10.5. The Labute approximate surface area is 178 Å². The second-order valence-corrected chi connectivity index (χ2v) is 7.83. The molecule has 0 bridgehead atoms. The zero-order valence-corrected chi connectivity index (χ0v) is 17.8. The lowest BCUT2D eigenvalue weighted by Crippen LogP contribution is -2.34. The minimum Gasteiger partial charge on any atom is -0.481 e. The van der Waals surface area contributed by atoms with Crippen LogP contribution in [-0.2, 0) is 9.53 Å². The van der Waals surface area contributed by atoms with Gasteiger partial charge in [-0.1, -0.05) is 44.2 Å². The predicted octanol–water partition coefficient (Wildman–Crippen LogP) is 4.12. The number of carbonyl (C=O) groups excluding carboxylic acids is 2. The fourth-order valence-corrected chi connectivity index (χ4v) is 3.44. The lowest BCUT2D eigenvalue weighted by molar-refractivity contribution is -0.122. The molecule has 1 saturated heterocycles. The maximum Gasteiger partial charge on any atom is 0.265 e. The van der Waals surface area contributed by atoms with Crippen LogP contribution in [0.25, 0.3) is 0 Å². The summed E-state index contributed by atoms with van der Waals surface area (Å²) in [7, 11) is 0. The zero-order valence-electron chi connectivity index (χ0n) is 17.8. The monoisotopic (exact) mass is 410 g/mol. The van der Waals surface area contributed by atoms with Gasteiger partial charge in [-0.3, -0.25) is 9.59 Å². The van der Waals surface area contributed by atoms with Crippen molar-refractivity contribution in [3.8, 4) is 5.75 Å². The van der Waals surface area contributed by atoms with Gasteiger partial charge in [-0.05, 0) is 49.4 Å². The van der Waals surface area contributed by atoms with Gasteiger partial charge in [-0.2, -0.15) is 0 Å². The fraction of sp³-hybridized carbons (Fsp3) is 0.417. The van der Waals surface area contributed by atoms with Crippen molar-refractivity contribution in [1.82, 2.24) is 5.32 Å². The number of carbonyl (C=O) groups is 2. The molecule has 30 heavy (non-hydrogen) atoms. The van der Waals surface area contributed by atoms with E-state index in [1.54, 1.807) is 31.2 Å². The second kappa shape index (κ2) is 10.3. The molecule has 160 valence electrons. The molecule has 1 aliphatic rings. The zero-order chi connectivity index (χ0) is 21.5. The van der Waals surface area contributed by atoms with Crippen molar-refractivity contribution in [2.45, 2.75) is 51.7 Å². The molecule has 0 aliphatic carbocycles. The molecule has 2 atom stereocenters. The summed E-state index contributed by atoms with van der Waals surface area (Å²) in [4.78, 5) is 25.4. The first kappa shape index (κ1) is 21.8. The van der Waals surface area contributed by atoms with Crippen molar-refractivity contribution < 1.29 is 19.1 Å². The van der Waals surface area contributed by atoms with Crippen LogP contribution in [0.1, 0.15) is 55.5 Å². The summed E-state index contributed by atoms with van der Waals surface area (Å²) in [6, 6.07) is 14.7. The number of amides is 2. The molecule has 1 fully saturated rings. The van der Waals surface area contributed by atoms with Crippen molar-refractivity contribution >= 4 is 17.5 Å². The van der Waals surface area contributed by atoms with Crippen molar-refractivity contribution in [2.75, 3.05) is 18.5 Å². The third kappa shape index (κ3) is 5.60. The molecule has 0 spiro atoms. The van der Waals surface area contributed by atoms with Crippen LogP contribution in [-0.4, -0.2) is 37.2 Å². The van der Waals surface area contributed by atoms with E-state index < -0.39 is 6.10 Å². The number of nitrogens with one attached hydrogen (secondary N) is 2. The molecule has 0 unspecified atom stereocenters. The van der Waals surface area contributed by atoms with E-state index in [0.29, 0.717) is 23.5 Å². The highest BCUT2D eigenvalue weighted by molar-refractivity contribution is 6.04. The largest absolute Gasteiger partial charge is 0.481 e. The van der Waals surface area contributed by atoms with Crippen LogP contribution >= 0.6 is 0 Å². The number of anilines is 1. The summed E-state index contributed by atoms with van der Waals surface area (Å²) in [5.74, 6) is 0.426. The summed E-state index contributed by atoms with van der Waals surface area (Å²) >= 11 is 0. The maximum absolute atomic E-state index is 12.8. The summed E-state index contributed by atoms with van der Waals surface area (Å²) in [5.41, 5.74) is 1.92. The standard InChI is InChI=1S/C24H30N2O4/c1-16(2)19-10-5-7-13-22(19)30-17(3)23(27)26-21-12-6-4-11-20(21)24(28)25-15-18-9-8-14-29-18/h4-7,10-13,16-18H,8-9,14-15H2,1-3H3,(H,25,28)(H,26,27)/t17-,18+/m0/s1. The van der Waals surface area contributed by atoms with Gasteiger partial charge in [-0.25, -0.2) is 0 Å². The number of hydrogen-bond acceptors (Lipinski definition) is 4. The Kier molecular flexibility index (Phi) is 7.46. The van der Waals surface area contributed by atoms with Crippen LogP contribution in [0.2, 0.25) is 0 Å². The molecule has 2 aromatic rings. The van der Waals surface area contributed by atoms with Gasteiger partial charge in [0.05, 0.1) is 17.4 Å². The quantitative estimate of drug-likeness (QED) is 0.686. The highest BCUT2D eigenvalue weighted by Crippen LogP contribution is 2.27. The van der Waals surface area contributed by atoms with Gasteiger partial charge in [0.25, 0.3) is 11.8 Å². The van der Waals surface area contributed by atoms with E-state index in [1.165, 1.54) is 0 Å². The fourth-order valence-electron chi connectivity index (χ4n) is 3.44. The molecular formula is C24H30N2O4. The number of benzene rings is 2. The molecule has 6 heteroatoms. The smallest absolute Gasteiger partial charge is 0.265 e. The Morgan fingerprint density at radius 2 is 1.83 bits per heavy atom. The third-order valence-corrected chi connectivity index (χ3v) is 5.16. The first-order chi connectivity index (χ1) is 14.5. The Bertz CT molecular complexity index is 875. The SMILES string of the molecule is CC(C)c1ccccc1O[C@@H](C)C(=O)Nc1ccccc1C(=O)NC[C@H]1CCCO1. The molecule has 1 heterocycles. The minimum atomic E-state index is -0.715. The average molecular weight is 411 g/mol. The van der Waals surface area contributed by atoms with E-state index in [1.807, 2.05) is 24.3 Å². The van der Waals surface area contributed by atoms with Gasteiger partial charge in [0, 0.05) is 13.2 Å². The van der Waals surface area contributed by atoms with Crippen LogP contribution in [0.3, 0.4) is 0 Å². The van der Waals surface area contributed by atoms with Crippen molar-refractivity contribution in [3.05, 3.63) is 59.7 Å². The summed E-state index contributed by atoms with van der Waals surface area (Å²) in [5, 5.41) is 5.73. The Hall–Kier alpha value is -2.86. The van der Waals surface area contributed by atoms with Crippen LogP contribution in [0.4, 0.5) is 5.69 Å². The first-order valence-corrected chi connectivity index (χ1v) is 10.5. The minimum absolute atomic E-state index is 0.0603. The molecule has 0 radical (unpaired) electrons. The predicted molar refractivity (Wildman–Crippen MR) is 117 cm³/mol. The van der Waals surface area contributed by atoms with E-state index in [9.17, 15) is 9.59 Å². The molecule has 6 nitrogen and oxygen atoms in total. The van der Waals surface area contributed by atoms with Gasteiger partial charge in [-0.15, -0.1) is 0 Å². The number of rotatable bonds is 8. The highest BCUT2D eigenvalue weighted by atomic mass is 16.5. The topological polar surface area (TPSA) is 76.7 Å². The van der Waals surface area contributed by atoms with Crippen molar-refractivity contribution in [3.63, 3.8) is 0 Å². The van der Waals surface area contributed by atoms with Gasteiger partial charge >= 0.3 is 0 Å². The van der Waals surface area contributed by atoms with Crippen LogP contribution < -0.4 is 15.4 Å². The normalized spacial score (nSPS) is 16.9. The number of para-hydroxylation sites is 2. The van der Waals surface area contributed by atoms with Gasteiger partial charge in [0.1, 0.15) is 5.75 Å². The van der Waals surface area contributed by atoms with Crippen LogP contribution in [0.15, 0.2) is 48.5 Å². The Morgan fingerprint density at radius 1 is 1.10 bits per heavy atom. The lowest BCUT2D eigenvalue weighted by Gasteiger charge is -2.19. The van der Waals surface area contributed by atoms with E-state index >= 15 is 0 Å². The van der Waals surface area contributed by atoms with Gasteiger partial charge in [0.2, 0.25) is 0 Å². The molecule has 2 aromatic carbocycles. The number of ether oxygens (including phenoxy) is 2. The van der Waals surface area contributed by atoms with E-state index in [2.05, 4.69) is 24.5 Å². The second-order valence-electron chi connectivity index (χ2n) is 7.83. The molecular weight excluding hydrogens is 380 g/mol. The molecule has 0 saturated carbocycles. The van der Waals surface area contributed by atoms with Crippen molar-refractivity contribution in [1.29, 1.82) is 0 Å². The van der Waals surface area contributed by atoms with Gasteiger partial charge < -0.3 is 20.1 Å². The summed E-state index contributed by atoms with van der Waals surface area (Å²) < 4.78 is 11.5. The van der Waals surface area contributed by atoms with Crippen LogP contribution in [0.5, 0.6) is 5.75 Å². The Morgan fingerprint density at radius 3 is 2.57 bits per heavy atom. The van der Waals surface area contributed by atoms with Crippen molar-refractivity contribution in [2.24, 2.45) is 0 Å². The maximum atomic E-state index is 12.8. The van der Waals surface area contributed by atoms with E-state index in [-0.39, 0.29) is 23.8 Å². The molecule has 1 aliphatic heterocycles. The summed E-state index contributed by atoms with van der Waals surface area (Å²) in [6.07, 6.45) is 1.31. The summed E-state index contributed by atoms with van der Waals surface area (Å²) in [6.45, 7) is 7.07. The molecule has 2 N–H and O–H groups in total. The highest BCUT2D eigenvalue weighted by Gasteiger charge is 2.21.